The summed E-state index contributed by atoms with van der Waals surface area (Å²) in [6.07, 6.45) is -1.18. The summed E-state index contributed by atoms with van der Waals surface area (Å²) in [7, 11) is 0. The van der Waals surface area contributed by atoms with Crippen LogP contribution >= 0.6 is 0 Å². The highest BCUT2D eigenvalue weighted by Gasteiger charge is 2.42. The van der Waals surface area contributed by atoms with Crippen LogP contribution in [0.5, 0.6) is 0 Å². The number of benzene rings is 3. The van der Waals surface area contributed by atoms with Crippen molar-refractivity contribution in [2.24, 2.45) is 0 Å². The lowest BCUT2D eigenvalue weighted by Gasteiger charge is -2.44. The largest absolute Gasteiger partial charge is 0.399 e. The highest BCUT2D eigenvalue weighted by atomic mass is 16.7. The van der Waals surface area contributed by atoms with Crippen LogP contribution in [0.1, 0.15) is 40.6 Å². The van der Waals surface area contributed by atoms with E-state index in [9.17, 15) is 5.11 Å². The number of hydrogen-bond donors (Lipinski definition) is 2. The first kappa shape index (κ1) is 34.4. The number of nitrogens with zero attached hydrogens (tertiary/aromatic N) is 1. The van der Waals surface area contributed by atoms with Crippen LogP contribution in [0.15, 0.2) is 78.9 Å². The molecule has 2 aliphatic rings. The van der Waals surface area contributed by atoms with Crippen molar-refractivity contribution in [2.45, 2.75) is 31.0 Å². The molecular formula is C36H48N2O8. The first-order chi connectivity index (χ1) is 22.7. The molecule has 10 heteroatoms. The first-order valence-electron chi connectivity index (χ1n) is 16.2. The van der Waals surface area contributed by atoms with Crippen molar-refractivity contribution in [3.8, 4) is 0 Å². The van der Waals surface area contributed by atoms with Crippen molar-refractivity contribution in [3.63, 3.8) is 0 Å². The number of nitrogen functional groups attached to an aromatic ring is 1. The summed E-state index contributed by atoms with van der Waals surface area (Å²) in [6, 6.07) is 26.1. The van der Waals surface area contributed by atoms with Crippen LogP contribution in [-0.2, 0) is 39.8 Å². The van der Waals surface area contributed by atoms with Gasteiger partial charge in [-0.2, -0.15) is 0 Å². The van der Waals surface area contributed by atoms with Crippen LogP contribution in [-0.4, -0.2) is 102 Å². The minimum absolute atomic E-state index is 0.0165. The molecule has 0 spiro atoms. The summed E-state index contributed by atoms with van der Waals surface area (Å²) in [4.78, 5) is 2.34. The van der Waals surface area contributed by atoms with Crippen LogP contribution < -0.4 is 5.73 Å². The van der Waals surface area contributed by atoms with Gasteiger partial charge in [0.15, 0.2) is 6.29 Å². The fraction of sp³-hybridized carbons (Fsp3) is 0.500. The van der Waals surface area contributed by atoms with Gasteiger partial charge in [0, 0.05) is 36.8 Å². The molecule has 250 valence electrons. The molecule has 2 saturated heterocycles. The zero-order valence-corrected chi connectivity index (χ0v) is 26.5. The Balaban J connectivity index is 1.39. The summed E-state index contributed by atoms with van der Waals surface area (Å²) in [5, 5.41) is 9.70. The first-order valence-corrected chi connectivity index (χ1v) is 16.2. The van der Waals surface area contributed by atoms with E-state index < -0.39 is 6.29 Å². The Labute approximate surface area is 272 Å². The standard InChI is InChI=1S/C36H48N2O8/c37-32-8-4-7-31(25-32)36-45-33(26-38-13-15-40-17-19-42-21-23-44-24-22-43-20-18-41-16-14-38)34(29-5-2-1-3-6-29)35(46-36)30-11-9-28(27-39)10-12-30/h1-12,25,33-36,39H,13-24,26-27,37H2. The number of aliphatic hydroxyl groups excluding tert-OH is 1. The number of hydrogen-bond acceptors (Lipinski definition) is 10. The summed E-state index contributed by atoms with van der Waals surface area (Å²) >= 11 is 0. The molecule has 2 heterocycles. The molecule has 5 rings (SSSR count). The van der Waals surface area contributed by atoms with Gasteiger partial charge in [-0.1, -0.05) is 66.7 Å². The monoisotopic (exact) mass is 636 g/mol. The lowest BCUT2D eigenvalue weighted by molar-refractivity contribution is -0.263. The molecule has 4 atom stereocenters. The van der Waals surface area contributed by atoms with E-state index in [1.807, 2.05) is 54.6 Å². The van der Waals surface area contributed by atoms with Gasteiger partial charge < -0.3 is 44.0 Å². The van der Waals surface area contributed by atoms with Gasteiger partial charge in [0.1, 0.15) is 0 Å². The minimum atomic E-state index is -0.623. The molecule has 0 aromatic heterocycles. The topological polar surface area (TPSA) is 114 Å². The molecule has 3 N–H and O–H groups in total. The van der Waals surface area contributed by atoms with Gasteiger partial charge in [0.05, 0.1) is 84.9 Å². The minimum Gasteiger partial charge on any atom is -0.399 e. The normalized spacial score (nSPS) is 25.3. The van der Waals surface area contributed by atoms with Gasteiger partial charge in [0.2, 0.25) is 0 Å². The van der Waals surface area contributed by atoms with Gasteiger partial charge in [0.25, 0.3) is 0 Å². The SMILES string of the molecule is Nc1cccc(C2OC(CN3CCOCCOCCOCCOCCOCC3)C(c3ccccc3)C(c3ccc(CO)cc3)O2)c1. The van der Waals surface area contributed by atoms with E-state index in [1.54, 1.807) is 0 Å². The fourth-order valence-electron chi connectivity index (χ4n) is 5.79. The van der Waals surface area contributed by atoms with Crippen molar-refractivity contribution < 1.29 is 38.3 Å². The van der Waals surface area contributed by atoms with Crippen LogP contribution in [0.4, 0.5) is 5.69 Å². The highest BCUT2D eigenvalue weighted by molar-refractivity contribution is 5.41. The van der Waals surface area contributed by atoms with Crippen LogP contribution in [0, 0.1) is 0 Å². The molecule has 3 aromatic rings. The second-order valence-electron chi connectivity index (χ2n) is 11.4. The third-order valence-electron chi connectivity index (χ3n) is 8.18. The van der Waals surface area contributed by atoms with Gasteiger partial charge in [-0.25, -0.2) is 0 Å². The number of ether oxygens (including phenoxy) is 7. The van der Waals surface area contributed by atoms with E-state index in [0.717, 1.165) is 22.3 Å². The molecule has 2 fully saturated rings. The second-order valence-corrected chi connectivity index (χ2v) is 11.4. The molecule has 0 radical (unpaired) electrons. The summed E-state index contributed by atoms with van der Waals surface area (Å²) in [5.41, 5.74) is 10.7. The number of aliphatic hydroxyl groups is 1. The number of rotatable bonds is 6. The summed E-state index contributed by atoms with van der Waals surface area (Å²) in [6.45, 7) is 7.28. The molecule has 0 aliphatic carbocycles. The molecule has 0 bridgehead atoms. The van der Waals surface area contributed by atoms with Crippen molar-refractivity contribution in [2.75, 3.05) is 91.4 Å². The Morgan fingerprint density at radius 2 is 1.17 bits per heavy atom. The Kier molecular flexibility index (Phi) is 14.3. The van der Waals surface area contributed by atoms with Crippen LogP contribution in [0.2, 0.25) is 0 Å². The molecule has 4 unspecified atom stereocenters. The van der Waals surface area contributed by atoms with Crippen LogP contribution in [0.3, 0.4) is 0 Å². The molecule has 0 amide bonds. The molecule has 2 aliphatic heterocycles. The Bertz CT molecular complexity index is 1250. The lowest BCUT2D eigenvalue weighted by Crippen LogP contribution is -2.46. The Morgan fingerprint density at radius 1 is 0.609 bits per heavy atom. The lowest BCUT2D eigenvalue weighted by atomic mass is 9.83. The third kappa shape index (κ3) is 10.6. The maximum atomic E-state index is 9.70. The molecule has 3 aromatic carbocycles. The maximum absolute atomic E-state index is 9.70. The average Bonchev–Trinajstić information content (AvgIpc) is 3.09. The van der Waals surface area contributed by atoms with Crippen molar-refractivity contribution in [3.05, 3.63) is 101 Å². The van der Waals surface area contributed by atoms with Gasteiger partial charge >= 0.3 is 0 Å². The van der Waals surface area contributed by atoms with E-state index in [2.05, 4.69) is 29.2 Å². The highest BCUT2D eigenvalue weighted by Crippen LogP contribution is 2.47. The van der Waals surface area contributed by atoms with E-state index in [-0.39, 0.29) is 24.7 Å². The van der Waals surface area contributed by atoms with E-state index in [1.165, 1.54) is 0 Å². The van der Waals surface area contributed by atoms with E-state index in [0.29, 0.717) is 91.4 Å². The number of nitrogens with two attached hydrogens (primary N) is 1. The maximum Gasteiger partial charge on any atom is 0.185 e. The second kappa shape index (κ2) is 19.0. The predicted octanol–water partition coefficient (Wildman–Crippen LogP) is 4.10. The zero-order chi connectivity index (χ0) is 31.8. The summed E-state index contributed by atoms with van der Waals surface area (Å²) in [5.74, 6) is -0.114. The van der Waals surface area contributed by atoms with Crippen LogP contribution in [0.25, 0.3) is 0 Å². The van der Waals surface area contributed by atoms with Gasteiger partial charge in [-0.05, 0) is 28.8 Å². The van der Waals surface area contributed by atoms with Crippen molar-refractivity contribution >= 4 is 5.69 Å². The molecule has 0 saturated carbocycles. The number of anilines is 1. The predicted molar refractivity (Wildman–Crippen MR) is 174 cm³/mol. The van der Waals surface area contributed by atoms with E-state index in [4.69, 9.17) is 38.9 Å². The smallest absolute Gasteiger partial charge is 0.185 e. The van der Waals surface area contributed by atoms with Crippen molar-refractivity contribution in [1.82, 2.24) is 4.90 Å². The van der Waals surface area contributed by atoms with E-state index >= 15 is 0 Å². The Hall–Kier alpha value is -2.90. The van der Waals surface area contributed by atoms with Gasteiger partial charge in [-0.15, -0.1) is 0 Å². The quantitative estimate of drug-likeness (QED) is 0.384. The molecular weight excluding hydrogens is 588 g/mol. The summed E-state index contributed by atoms with van der Waals surface area (Å²) < 4.78 is 42.4. The van der Waals surface area contributed by atoms with Crippen molar-refractivity contribution in [1.29, 1.82) is 0 Å². The van der Waals surface area contributed by atoms with Gasteiger partial charge in [-0.3, -0.25) is 4.90 Å². The molecule has 46 heavy (non-hydrogen) atoms. The Morgan fingerprint density at radius 3 is 1.74 bits per heavy atom. The average molecular weight is 637 g/mol. The zero-order valence-electron chi connectivity index (χ0n) is 26.5. The molecule has 10 nitrogen and oxygen atoms in total. The fourth-order valence-corrected chi connectivity index (χ4v) is 5.79. The third-order valence-corrected chi connectivity index (χ3v) is 8.18.